The Morgan fingerprint density at radius 1 is 1.03 bits per heavy atom. The van der Waals surface area contributed by atoms with Gasteiger partial charge in [0.1, 0.15) is 22.6 Å². The largest absolute Gasteiger partial charge is 0.497 e. The van der Waals surface area contributed by atoms with Crippen molar-refractivity contribution in [3.63, 3.8) is 0 Å². The molecule has 0 bridgehead atoms. The molecule has 1 fully saturated rings. The Balaban J connectivity index is 2.01. The van der Waals surface area contributed by atoms with Crippen molar-refractivity contribution in [2.24, 2.45) is 0 Å². The van der Waals surface area contributed by atoms with Crippen molar-refractivity contribution in [2.45, 2.75) is 0 Å². The van der Waals surface area contributed by atoms with Gasteiger partial charge in [-0.3, -0.25) is 14.9 Å². The number of hydrogen-bond acceptors (Lipinski definition) is 6. The molecule has 0 radical (unpaired) electrons. The second-order valence-electron chi connectivity index (χ2n) is 5.92. The first kappa shape index (κ1) is 19.6. The Bertz CT molecular complexity index is 1040. The van der Waals surface area contributed by atoms with Gasteiger partial charge in [-0.1, -0.05) is 6.07 Å². The highest BCUT2D eigenvalue weighted by Gasteiger charge is 2.36. The first-order valence-electron chi connectivity index (χ1n) is 8.32. The van der Waals surface area contributed by atoms with E-state index in [1.165, 1.54) is 50.6 Å². The number of nitrogens with one attached hydrogen (secondary N) is 1. The quantitative estimate of drug-likeness (QED) is 0.586. The van der Waals surface area contributed by atoms with E-state index in [0.29, 0.717) is 5.75 Å². The molecule has 1 heterocycles. The maximum absolute atomic E-state index is 12.9. The van der Waals surface area contributed by atoms with Gasteiger partial charge in [-0.15, -0.1) is 0 Å². The van der Waals surface area contributed by atoms with Gasteiger partial charge in [0, 0.05) is 0 Å². The number of carbonyl (C=O) groups is 4. The molecule has 9 nitrogen and oxygen atoms in total. The van der Waals surface area contributed by atoms with Crippen LogP contribution in [-0.4, -0.2) is 43.1 Å². The number of rotatable bonds is 5. The van der Waals surface area contributed by atoms with Crippen LogP contribution in [0.1, 0.15) is 15.9 Å². The Labute approximate surface area is 165 Å². The summed E-state index contributed by atoms with van der Waals surface area (Å²) in [7, 11) is 2.81. The molecule has 2 aromatic carbocycles. The molecule has 1 saturated heterocycles. The Morgan fingerprint density at radius 2 is 1.72 bits per heavy atom. The maximum atomic E-state index is 12.9. The van der Waals surface area contributed by atoms with E-state index >= 15 is 0 Å². The lowest BCUT2D eigenvalue weighted by molar-refractivity contribution is -0.122. The van der Waals surface area contributed by atoms with Crippen LogP contribution in [0.25, 0.3) is 6.08 Å². The first-order valence-corrected chi connectivity index (χ1v) is 8.32. The van der Waals surface area contributed by atoms with E-state index in [1.54, 1.807) is 12.1 Å². The lowest BCUT2D eigenvalue weighted by atomic mass is 10.0. The van der Waals surface area contributed by atoms with Crippen LogP contribution in [0.5, 0.6) is 11.5 Å². The molecule has 3 rings (SSSR count). The summed E-state index contributed by atoms with van der Waals surface area (Å²) < 4.78 is 10.0. The van der Waals surface area contributed by atoms with E-state index in [-0.39, 0.29) is 28.1 Å². The van der Waals surface area contributed by atoms with Gasteiger partial charge in [-0.2, -0.15) is 0 Å². The van der Waals surface area contributed by atoms with Crippen LogP contribution >= 0.6 is 0 Å². The van der Waals surface area contributed by atoms with Crippen molar-refractivity contribution >= 4 is 35.6 Å². The molecule has 29 heavy (non-hydrogen) atoms. The number of carboxylic acids is 1. The Morgan fingerprint density at radius 3 is 2.31 bits per heavy atom. The minimum absolute atomic E-state index is 0.131. The SMILES string of the molecule is COc1ccc(N2C(=O)NC(=O)/C(=C/c3ccc(OC)c(C(=O)O)c3)C2=O)cc1. The number of hydrogen-bond donors (Lipinski definition) is 2. The molecule has 9 heteroatoms. The average molecular weight is 396 g/mol. The minimum Gasteiger partial charge on any atom is -0.497 e. The molecule has 2 aromatic rings. The van der Waals surface area contributed by atoms with Crippen LogP contribution < -0.4 is 19.7 Å². The van der Waals surface area contributed by atoms with Gasteiger partial charge in [0.2, 0.25) is 0 Å². The highest BCUT2D eigenvalue weighted by molar-refractivity contribution is 6.39. The normalized spacial score (nSPS) is 15.3. The number of amides is 4. The number of aromatic carboxylic acids is 1. The van der Waals surface area contributed by atoms with Gasteiger partial charge in [-0.25, -0.2) is 14.5 Å². The summed E-state index contributed by atoms with van der Waals surface area (Å²) >= 11 is 0. The molecule has 0 saturated carbocycles. The van der Waals surface area contributed by atoms with E-state index in [9.17, 15) is 24.3 Å². The number of barbiturate groups is 1. The lowest BCUT2D eigenvalue weighted by Gasteiger charge is -2.26. The molecule has 0 aromatic heterocycles. The van der Waals surface area contributed by atoms with Crippen LogP contribution in [0.4, 0.5) is 10.5 Å². The predicted molar refractivity (Wildman–Crippen MR) is 102 cm³/mol. The molecule has 4 amide bonds. The highest BCUT2D eigenvalue weighted by atomic mass is 16.5. The van der Waals surface area contributed by atoms with Crippen LogP contribution in [-0.2, 0) is 9.59 Å². The fourth-order valence-corrected chi connectivity index (χ4v) is 2.77. The monoisotopic (exact) mass is 396 g/mol. The first-order chi connectivity index (χ1) is 13.8. The van der Waals surface area contributed by atoms with E-state index < -0.39 is 23.8 Å². The molecule has 0 atom stereocenters. The number of methoxy groups -OCH3 is 2. The molecule has 0 aliphatic carbocycles. The third-order valence-electron chi connectivity index (χ3n) is 4.20. The zero-order chi connectivity index (χ0) is 21.1. The number of ether oxygens (including phenoxy) is 2. The second kappa shape index (κ2) is 7.85. The van der Waals surface area contributed by atoms with Crippen LogP contribution in [0.15, 0.2) is 48.0 Å². The van der Waals surface area contributed by atoms with Gasteiger partial charge in [0.05, 0.1) is 19.9 Å². The molecule has 1 aliphatic rings. The maximum Gasteiger partial charge on any atom is 0.339 e. The van der Waals surface area contributed by atoms with E-state index in [2.05, 4.69) is 5.32 Å². The van der Waals surface area contributed by atoms with Crippen molar-refractivity contribution in [1.29, 1.82) is 0 Å². The van der Waals surface area contributed by atoms with Gasteiger partial charge >= 0.3 is 12.0 Å². The summed E-state index contributed by atoms with van der Waals surface area (Å²) in [6.07, 6.45) is 1.21. The van der Waals surface area contributed by atoms with E-state index in [0.717, 1.165) is 4.90 Å². The van der Waals surface area contributed by atoms with Crippen LogP contribution in [0.2, 0.25) is 0 Å². The van der Waals surface area contributed by atoms with E-state index in [1.807, 2.05) is 0 Å². The molecule has 0 spiro atoms. The van der Waals surface area contributed by atoms with Gasteiger partial charge in [0.25, 0.3) is 11.8 Å². The fraction of sp³-hybridized carbons (Fsp3) is 0.100. The standard InChI is InChI=1S/C20H16N2O7/c1-28-13-6-4-12(5-7-13)22-18(24)15(17(23)21-20(22)27)10-11-3-8-16(29-2)14(9-11)19(25)26/h3-10H,1-2H3,(H,25,26)(H,21,23,27)/b15-10-. The number of nitrogens with zero attached hydrogens (tertiary/aromatic N) is 1. The van der Waals surface area contributed by atoms with Crippen LogP contribution in [0, 0.1) is 0 Å². The predicted octanol–water partition coefficient (Wildman–Crippen LogP) is 2.07. The van der Waals surface area contributed by atoms with Crippen molar-refractivity contribution in [2.75, 3.05) is 19.1 Å². The summed E-state index contributed by atoms with van der Waals surface area (Å²) in [5, 5.41) is 11.4. The van der Waals surface area contributed by atoms with Crippen LogP contribution in [0.3, 0.4) is 0 Å². The summed E-state index contributed by atoms with van der Waals surface area (Å²) in [6, 6.07) is 9.42. The van der Waals surface area contributed by atoms with E-state index in [4.69, 9.17) is 9.47 Å². The number of imide groups is 2. The lowest BCUT2D eigenvalue weighted by Crippen LogP contribution is -2.54. The molecule has 0 unspecified atom stereocenters. The third-order valence-corrected chi connectivity index (χ3v) is 4.20. The summed E-state index contributed by atoms with van der Waals surface area (Å²) in [4.78, 5) is 49.5. The number of anilines is 1. The molecule has 1 aliphatic heterocycles. The second-order valence-corrected chi connectivity index (χ2v) is 5.92. The molecular formula is C20H16N2O7. The summed E-state index contributed by atoms with van der Waals surface area (Å²) in [5.74, 6) is -2.27. The zero-order valence-corrected chi connectivity index (χ0v) is 15.5. The average Bonchev–Trinajstić information content (AvgIpc) is 2.71. The summed E-state index contributed by atoms with van der Waals surface area (Å²) in [5.41, 5.74) is 0.0777. The highest BCUT2D eigenvalue weighted by Crippen LogP contribution is 2.26. The molecule has 148 valence electrons. The smallest absolute Gasteiger partial charge is 0.339 e. The van der Waals surface area contributed by atoms with Crippen molar-refractivity contribution in [3.05, 3.63) is 59.2 Å². The topological polar surface area (TPSA) is 122 Å². The number of benzene rings is 2. The Kier molecular flexibility index (Phi) is 5.31. The third kappa shape index (κ3) is 3.79. The van der Waals surface area contributed by atoms with Gasteiger partial charge in [-0.05, 0) is 48.0 Å². The molecule has 2 N–H and O–H groups in total. The zero-order valence-electron chi connectivity index (χ0n) is 15.5. The van der Waals surface area contributed by atoms with Crippen molar-refractivity contribution in [3.8, 4) is 11.5 Å². The Hall–Kier alpha value is -4.14. The fourth-order valence-electron chi connectivity index (χ4n) is 2.77. The van der Waals surface area contributed by atoms with Crippen molar-refractivity contribution < 1.29 is 33.8 Å². The van der Waals surface area contributed by atoms with Crippen molar-refractivity contribution in [1.82, 2.24) is 5.32 Å². The molecular weight excluding hydrogens is 380 g/mol. The van der Waals surface area contributed by atoms with Gasteiger partial charge in [0.15, 0.2) is 0 Å². The number of carboxylic acid groups (broad SMARTS) is 1. The number of carbonyl (C=O) groups excluding carboxylic acids is 3. The minimum atomic E-state index is -1.23. The number of urea groups is 1. The van der Waals surface area contributed by atoms with Gasteiger partial charge < -0.3 is 14.6 Å². The summed E-state index contributed by atoms with van der Waals surface area (Å²) in [6.45, 7) is 0.